The summed E-state index contributed by atoms with van der Waals surface area (Å²) in [7, 11) is 0. The Balaban J connectivity index is 1.65. The number of hydrogen-bond donors (Lipinski definition) is 2. The van der Waals surface area contributed by atoms with Crippen molar-refractivity contribution in [1.82, 2.24) is 25.2 Å². The second-order valence-corrected chi connectivity index (χ2v) is 6.12. The number of guanidine groups is 1. The fourth-order valence-corrected chi connectivity index (χ4v) is 2.54. The van der Waals surface area contributed by atoms with E-state index in [2.05, 4.69) is 25.6 Å². The van der Waals surface area contributed by atoms with Crippen LogP contribution in [0.2, 0.25) is 0 Å². The molecule has 2 aromatic heterocycles. The lowest BCUT2D eigenvalue weighted by Crippen LogP contribution is -2.36. The topological polar surface area (TPSA) is 67.1 Å². The number of pyridine rings is 1. The van der Waals surface area contributed by atoms with E-state index in [0.29, 0.717) is 24.6 Å². The zero-order valence-electron chi connectivity index (χ0n) is 15.5. The summed E-state index contributed by atoms with van der Waals surface area (Å²) in [6.07, 6.45) is 7.06. The molecule has 0 unspecified atom stereocenters. The quantitative estimate of drug-likeness (QED) is 0.520. The number of hydrogen-bond acceptors (Lipinski definition) is 3. The first-order chi connectivity index (χ1) is 13.2. The van der Waals surface area contributed by atoms with E-state index < -0.39 is 0 Å². The Kier molecular flexibility index (Phi) is 6.14. The van der Waals surface area contributed by atoms with Crippen LogP contribution in [-0.2, 0) is 13.1 Å². The second kappa shape index (κ2) is 8.93. The Hall–Kier alpha value is -3.22. The largest absolute Gasteiger partial charge is 0.357 e. The minimum atomic E-state index is -0.204. The van der Waals surface area contributed by atoms with E-state index in [1.807, 2.05) is 35.9 Å². The van der Waals surface area contributed by atoms with Crippen molar-refractivity contribution in [1.29, 1.82) is 0 Å². The summed E-state index contributed by atoms with van der Waals surface area (Å²) in [6, 6.07) is 9.14. The molecule has 2 heterocycles. The lowest BCUT2D eigenvalue weighted by Gasteiger charge is -2.12. The molecule has 0 aliphatic rings. The fraction of sp³-hybridized carbons (Fsp3) is 0.250. The molecule has 0 saturated carbocycles. The molecule has 0 radical (unpaired) electrons. The third kappa shape index (κ3) is 5.13. The predicted octanol–water partition coefficient (Wildman–Crippen LogP) is 2.97. The molecule has 0 aliphatic heterocycles. The zero-order chi connectivity index (χ0) is 19.1. The van der Waals surface area contributed by atoms with Gasteiger partial charge in [0.15, 0.2) is 5.96 Å². The van der Waals surface area contributed by atoms with Gasteiger partial charge in [-0.25, -0.2) is 19.4 Å². The average molecular weight is 366 g/mol. The summed E-state index contributed by atoms with van der Waals surface area (Å²) in [6.45, 7) is 5.50. The van der Waals surface area contributed by atoms with Crippen LogP contribution in [0.5, 0.6) is 0 Å². The monoisotopic (exact) mass is 366 g/mol. The third-order valence-corrected chi connectivity index (χ3v) is 4.04. The number of aromatic nitrogens is 3. The van der Waals surface area contributed by atoms with E-state index in [1.54, 1.807) is 31.7 Å². The summed E-state index contributed by atoms with van der Waals surface area (Å²) in [5.74, 6) is 1.29. The average Bonchev–Trinajstić information content (AvgIpc) is 3.22. The number of aliphatic imine (C=N–C) groups is 1. The Morgan fingerprint density at radius 2 is 2.04 bits per heavy atom. The molecule has 0 bridgehead atoms. The summed E-state index contributed by atoms with van der Waals surface area (Å²) >= 11 is 0. The van der Waals surface area contributed by atoms with Crippen LogP contribution in [0.15, 0.2) is 60.2 Å². The number of halogens is 1. The van der Waals surface area contributed by atoms with Crippen molar-refractivity contribution >= 4 is 5.96 Å². The number of nitrogens with one attached hydrogen (secondary N) is 2. The highest BCUT2D eigenvalue weighted by molar-refractivity contribution is 5.79. The highest BCUT2D eigenvalue weighted by Crippen LogP contribution is 2.10. The molecule has 3 rings (SSSR count). The van der Waals surface area contributed by atoms with Gasteiger partial charge in [-0.1, -0.05) is 12.1 Å². The molecule has 1 aromatic carbocycles. The van der Waals surface area contributed by atoms with Crippen molar-refractivity contribution in [3.63, 3.8) is 0 Å². The molecule has 2 N–H and O–H groups in total. The first-order valence-electron chi connectivity index (χ1n) is 8.86. The highest BCUT2D eigenvalue weighted by Gasteiger charge is 2.03. The van der Waals surface area contributed by atoms with Crippen LogP contribution >= 0.6 is 0 Å². The van der Waals surface area contributed by atoms with Gasteiger partial charge in [-0.15, -0.1) is 0 Å². The van der Waals surface area contributed by atoms with Crippen molar-refractivity contribution in [2.24, 2.45) is 4.99 Å². The van der Waals surface area contributed by atoms with Crippen molar-refractivity contribution < 1.29 is 4.39 Å². The van der Waals surface area contributed by atoms with E-state index in [1.165, 1.54) is 6.07 Å². The first kappa shape index (κ1) is 18.6. The van der Waals surface area contributed by atoms with Crippen LogP contribution in [0.4, 0.5) is 4.39 Å². The molecule has 27 heavy (non-hydrogen) atoms. The molecule has 7 heteroatoms. The van der Waals surface area contributed by atoms with Gasteiger partial charge in [0.1, 0.15) is 18.0 Å². The molecule has 0 aliphatic carbocycles. The van der Waals surface area contributed by atoms with E-state index in [4.69, 9.17) is 0 Å². The Morgan fingerprint density at radius 1 is 1.15 bits per heavy atom. The van der Waals surface area contributed by atoms with Gasteiger partial charge >= 0.3 is 0 Å². The summed E-state index contributed by atoms with van der Waals surface area (Å²) in [5.41, 5.74) is 2.54. The van der Waals surface area contributed by atoms with Crippen molar-refractivity contribution in [2.75, 3.05) is 6.54 Å². The number of aryl methyl sites for hydroxylation is 1. The van der Waals surface area contributed by atoms with Crippen LogP contribution in [0.3, 0.4) is 0 Å². The molecular weight excluding hydrogens is 343 g/mol. The van der Waals surface area contributed by atoms with E-state index in [-0.39, 0.29) is 5.82 Å². The third-order valence-electron chi connectivity index (χ3n) is 4.04. The smallest absolute Gasteiger partial charge is 0.191 e. The standard InChI is InChI=1S/C20H23FN6/c1-3-23-20(25-12-16-5-4-15(2)18(21)10-16)26-13-17-6-7-24-19(11-17)27-9-8-22-14-27/h4-11,14H,3,12-13H2,1-2H3,(H2,23,25,26). The minimum absolute atomic E-state index is 0.204. The summed E-state index contributed by atoms with van der Waals surface area (Å²) in [4.78, 5) is 12.9. The van der Waals surface area contributed by atoms with Crippen molar-refractivity contribution in [3.05, 3.63) is 77.8 Å². The molecule has 0 amide bonds. The van der Waals surface area contributed by atoms with E-state index in [0.717, 1.165) is 23.5 Å². The Labute approximate surface area is 158 Å². The van der Waals surface area contributed by atoms with Gasteiger partial charge in [0, 0.05) is 31.7 Å². The maximum atomic E-state index is 13.7. The Bertz CT molecular complexity index is 905. The molecule has 0 saturated heterocycles. The highest BCUT2D eigenvalue weighted by atomic mass is 19.1. The van der Waals surface area contributed by atoms with Gasteiger partial charge in [0.05, 0.1) is 6.54 Å². The van der Waals surface area contributed by atoms with Crippen molar-refractivity contribution in [3.8, 4) is 5.82 Å². The molecule has 0 fully saturated rings. The molecule has 0 spiro atoms. The molecule has 3 aromatic rings. The lowest BCUT2D eigenvalue weighted by atomic mass is 10.1. The summed E-state index contributed by atoms with van der Waals surface area (Å²) < 4.78 is 15.5. The lowest BCUT2D eigenvalue weighted by molar-refractivity contribution is 0.616. The van der Waals surface area contributed by atoms with Crippen LogP contribution < -0.4 is 10.6 Å². The van der Waals surface area contributed by atoms with Gasteiger partial charge in [-0.2, -0.15) is 0 Å². The number of imidazole rings is 1. The van der Waals surface area contributed by atoms with Gasteiger partial charge in [-0.05, 0) is 48.7 Å². The second-order valence-electron chi connectivity index (χ2n) is 6.12. The number of benzene rings is 1. The van der Waals surface area contributed by atoms with Crippen LogP contribution in [0.1, 0.15) is 23.6 Å². The number of rotatable bonds is 6. The zero-order valence-corrected chi connectivity index (χ0v) is 15.5. The fourth-order valence-electron chi connectivity index (χ4n) is 2.54. The molecule has 140 valence electrons. The molecule has 6 nitrogen and oxygen atoms in total. The van der Waals surface area contributed by atoms with Gasteiger partial charge in [-0.3, -0.25) is 4.57 Å². The van der Waals surface area contributed by atoms with Crippen LogP contribution in [0.25, 0.3) is 5.82 Å². The predicted molar refractivity (Wildman–Crippen MR) is 104 cm³/mol. The minimum Gasteiger partial charge on any atom is -0.357 e. The molecule has 0 atom stereocenters. The van der Waals surface area contributed by atoms with Gasteiger partial charge in [0.2, 0.25) is 0 Å². The molecular formula is C20H23FN6. The maximum absolute atomic E-state index is 13.7. The van der Waals surface area contributed by atoms with Crippen LogP contribution in [-0.4, -0.2) is 27.0 Å². The van der Waals surface area contributed by atoms with Gasteiger partial charge in [0.25, 0.3) is 0 Å². The Morgan fingerprint density at radius 3 is 2.78 bits per heavy atom. The normalized spacial score (nSPS) is 11.4. The van der Waals surface area contributed by atoms with E-state index >= 15 is 0 Å². The summed E-state index contributed by atoms with van der Waals surface area (Å²) in [5, 5.41) is 6.50. The van der Waals surface area contributed by atoms with Gasteiger partial charge < -0.3 is 10.6 Å². The SMILES string of the molecule is CCNC(=NCc1ccc(C)c(F)c1)NCc1ccnc(-n2ccnc2)c1. The first-order valence-corrected chi connectivity index (χ1v) is 8.86. The van der Waals surface area contributed by atoms with Crippen LogP contribution in [0, 0.1) is 12.7 Å². The van der Waals surface area contributed by atoms with E-state index in [9.17, 15) is 4.39 Å². The number of nitrogens with zero attached hydrogens (tertiary/aromatic N) is 4. The van der Waals surface area contributed by atoms with Crippen molar-refractivity contribution in [2.45, 2.75) is 26.9 Å². The maximum Gasteiger partial charge on any atom is 0.191 e.